The average Bonchev–Trinajstić information content (AvgIpc) is 2.21. The molecule has 0 radical (unpaired) electrons. The number of allylic oxidation sites excluding steroid dienone is 3. The van der Waals surface area contributed by atoms with Crippen LogP contribution in [-0.4, -0.2) is 18.4 Å². The Morgan fingerprint density at radius 3 is 1.94 bits per heavy atom. The lowest BCUT2D eigenvalue weighted by Crippen LogP contribution is -2.36. The molecule has 0 atom stereocenters. The van der Waals surface area contributed by atoms with E-state index in [-0.39, 0.29) is 6.08 Å². The highest BCUT2D eigenvalue weighted by Crippen LogP contribution is 2.34. The van der Waals surface area contributed by atoms with Crippen LogP contribution in [0.1, 0.15) is 0 Å². The highest BCUT2D eigenvalue weighted by Gasteiger charge is 2.42. The maximum absolute atomic E-state index is 12.3. The number of hydrogen-bond donors (Lipinski definition) is 2. The van der Waals surface area contributed by atoms with Crippen LogP contribution in [0.2, 0.25) is 0 Å². The molecule has 1 rings (SSSR count). The highest BCUT2D eigenvalue weighted by atomic mass is 35.5. The predicted molar refractivity (Wildman–Crippen MR) is 44.7 cm³/mol. The topological polar surface area (TPSA) is 41.1 Å². The van der Waals surface area contributed by atoms with Crippen molar-refractivity contribution in [3.05, 3.63) is 22.5 Å². The van der Waals surface area contributed by atoms with E-state index in [9.17, 15) is 31.1 Å². The summed E-state index contributed by atoms with van der Waals surface area (Å²) >= 11 is 5.06. The molecular weight excluding hydrogens is 278 g/mol. The minimum absolute atomic E-state index is 0.278. The van der Waals surface area contributed by atoms with Gasteiger partial charge in [-0.2, -0.15) is 26.3 Å². The molecule has 0 spiro atoms. The molecule has 96 valence electrons. The average molecular weight is 281 g/mol. The molecule has 0 aromatic rings. The smallest absolute Gasteiger partial charge is 0.303 e. The fraction of sp³-hybridized carbons (Fsp3) is 0.286. The molecule has 0 fully saturated rings. The summed E-state index contributed by atoms with van der Waals surface area (Å²) in [5.74, 6) is 0. The molecule has 2 N–H and O–H groups in total. The van der Waals surface area contributed by atoms with Gasteiger partial charge in [0.05, 0.1) is 5.57 Å². The number of carbonyl (C=O) groups excluding carboxylic acids is 1. The van der Waals surface area contributed by atoms with E-state index in [4.69, 9.17) is 11.6 Å². The summed E-state index contributed by atoms with van der Waals surface area (Å²) in [6.45, 7) is 0. The van der Waals surface area contributed by atoms with Crippen molar-refractivity contribution in [3.8, 4) is 0 Å². The van der Waals surface area contributed by atoms with Crippen LogP contribution >= 0.6 is 11.6 Å². The number of amides is 2. The Balaban J connectivity index is 3.32. The molecule has 1 aliphatic rings. The third-order valence-corrected chi connectivity index (χ3v) is 1.91. The Kier molecular flexibility index (Phi) is 3.33. The zero-order valence-electron chi connectivity index (χ0n) is 7.63. The van der Waals surface area contributed by atoms with Gasteiger partial charge < -0.3 is 5.32 Å². The van der Waals surface area contributed by atoms with Gasteiger partial charge in [0.1, 0.15) is 10.9 Å². The Hall–Kier alpha value is -1.38. The van der Waals surface area contributed by atoms with E-state index in [0.717, 1.165) is 0 Å². The standard InChI is InChI=1S/C7H3ClF6N2O/c8-4-2(6(9,10)11)1-3(7(12,13)14)15-5(17)16-4/h1H,(H2,15,16,17). The van der Waals surface area contributed by atoms with Crippen molar-refractivity contribution in [2.24, 2.45) is 0 Å². The number of alkyl halides is 6. The van der Waals surface area contributed by atoms with Crippen LogP contribution in [0.25, 0.3) is 0 Å². The van der Waals surface area contributed by atoms with E-state index in [1.165, 1.54) is 10.6 Å². The fourth-order valence-electron chi connectivity index (χ4n) is 0.923. The molecule has 10 heteroatoms. The first-order chi connectivity index (χ1) is 7.51. The molecule has 1 heterocycles. The number of rotatable bonds is 0. The lowest BCUT2D eigenvalue weighted by atomic mass is 10.2. The summed E-state index contributed by atoms with van der Waals surface area (Å²) in [4.78, 5) is 10.8. The minimum Gasteiger partial charge on any atom is -0.303 e. The van der Waals surface area contributed by atoms with Crippen LogP contribution in [-0.2, 0) is 0 Å². The fourth-order valence-corrected chi connectivity index (χ4v) is 1.17. The summed E-state index contributed by atoms with van der Waals surface area (Å²) < 4.78 is 73.7. The molecule has 0 saturated carbocycles. The summed E-state index contributed by atoms with van der Waals surface area (Å²) in [5, 5.41) is 1.41. The Bertz CT molecular complexity index is 408. The first kappa shape index (κ1) is 13.7. The third-order valence-electron chi connectivity index (χ3n) is 1.61. The van der Waals surface area contributed by atoms with Gasteiger partial charge in [-0.05, 0) is 6.08 Å². The summed E-state index contributed by atoms with van der Waals surface area (Å²) in [6.07, 6.45) is -10.5. The molecule has 0 bridgehead atoms. The molecule has 17 heavy (non-hydrogen) atoms. The normalized spacial score (nSPS) is 18.3. The van der Waals surface area contributed by atoms with Crippen molar-refractivity contribution in [3.63, 3.8) is 0 Å². The maximum Gasteiger partial charge on any atom is 0.431 e. The van der Waals surface area contributed by atoms with Crippen molar-refractivity contribution < 1.29 is 31.1 Å². The molecular formula is C7H3ClF6N2O. The van der Waals surface area contributed by atoms with Crippen LogP contribution in [0.5, 0.6) is 0 Å². The molecule has 1 aliphatic heterocycles. The summed E-state index contributed by atoms with van der Waals surface area (Å²) in [5.41, 5.74) is -3.64. The van der Waals surface area contributed by atoms with Gasteiger partial charge in [0, 0.05) is 0 Å². The number of nitrogens with one attached hydrogen (secondary N) is 2. The first-order valence-electron chi connectivity index (χ1n) is 3.85. The number of halogens is 7. The van der Waals surface area contributed by atoms with E-state index in [0.29, 0.717) is 0 Å². The van der Waals surface area contributed by atoms with Gasteiger partial charge in [0.15, 0.2) is 0 Å². The largest absolute Gasteiger partial charge is 0.431 e. The summed E-state index contributed by atoms with van der Waals surface area (Å²) in [7, 11) is 0. The van der Waals surface area contributed by atoms with Crippen molar-refractivity contribution in [1.29, 1.82) is 0 Å². The Morgan fingerprint density at radius 1 is 1.00 bits per heavy atom. The second kappa shape index (κ2) is 4.13. The van der Waals surface area contributed by atoms with Gasteiger partial charge in [-0.25, -0.2) is 4.79 Å². The molecule has 2 amide bonds. The van der Waals surface area contributed by atoms with E-state index in [1.807, 2.05) is 0 Å². The Labute approximate surface area is 95.1 Å². The lowest BCUT2D eigenvalue weighted by molar-refractivity contribution is -0.0982. The molecule has 3 nitrogen and oxygen atoms in total. The van der Waals surface area contributed by atoms with Crippen LogP contribution in [0.15, 0.2) is 22.5 Å². The van der Waals surface area contributed by atoms with E-state index in [2.05, 4.69) is 0 Å². The van der Waals surface area contributed by atoms with Gasteiger partial charge in [0.25, 0.3) is 0 Å². The SMILES string of the molecule is O=C1NC(C(F)(F)F)=CC(C(F)(F)F)=C(Cl)N1. The van der Waals surface area contributed by atoms with Crippen LogP contribution < -0.4 is 10.6 Å². The van der Waals surface area contributed by atoms with Gasteiger partial charge in [-0.15, -0.1) is 0 Å². The van der Waals surface area contributed by atoms with Gasteiger partial charge >= 0.3 is 18.4 Å². The van der Waals surface area contributed by atoms with Gasteiger partial charge in [-0.3, -0.25) is 5.32 Å². The monoisotopic (exact) mass is 280 g/mol. The van der Waals surface area contributed by atoms with Crippen LogP contribution in [0, 0.1) is 0 Å². The first-order valence-corrected chi connectivity index (χ1v) is 4.23. The van der Waals surface area contributed by atoms with Crippen molar-refractivity contribution in [2.45, 2.75) is 12.4 Å². The lowest BCUT2D eigenvalue weighted by Gasteiger charge is -2.11. The molecule has 0 unspecified atom stereocenters. The molecule has 0 aromatic carbocycles. The Morgan fingerprint density at radius 2 is 1.53 bits per heavy atom. The van der Waals surface area contributed by atoms with E-state index in [1.54, 1.807) is 0 Å². The third kappa shape index (κ3) is 3.29. The quantitative estimate of drug-likeness (QED) is 0.520. The predicted octanol–water partition coefficient (Wildman–Crippen LogP) is 2.76. The van der Waals surface area contributed by atoms with E-state index >= 15 is 0 Å². The van der Waals surface area contributed by atoms with Crippen molar-refractivity contribution in [2.75, 3.05) is 0 Å². The summed E-state index contributed by atoms with van der Waals surface area (Å²) in [6, 6.07) is -1.50. The second-order valence-corrected chi connectivity index (χ2v) is 3.24. The second-order valence-electron chi connectivity index (χ2n) is 2.86. The molecule has 0 saturated heterocycles. The number of urea groups is 1. The highest BCUT2D eigenvalue weighted by molar-refractivity contribution is 6.31. The minimum atomic E-state index is -5.13. The van der Waals surface area contributed by atoms with Gasteiger partial charge in [-0.1, -0.05) is 11.6 Å². The molecule has 0 aromatic heterocycles. The van der Waals surface area contributed by atoms with Crippen molar-refractivity contribution in [1.82, 2.24) is 10.6 Å². The van der Waals surface area contributed by atoms with Crippen LogP contribution in [0.4, 0.5) is 31.1 Å². The zero-order valence-corrected chi connectivity index (χ0v) is 8.39. The van der Waals surface area contributed by atoms with Crippen molar-refractivity contribution >= 4 is 17.6 Å². The number of hydrogen-bond acceptors (Lipinski definition) is 1. The van der Waals surface area contributed by atoms with Crippen LogP contribution in [0.3, 0.4) is 0 Å². The molecule has 0 aliphatic carbocycles. The van der Waals surface area contributed by atoms with E-state index < -0.39 is 34.8 Å². The maximum atomic E-state index is 12.3. The van der Waals surface area contributed by atoms with Gasteiger partial charge in [0.2, 0.25) is 0 Å². The zero-order chi connectivity index (χ0) is 13.4. The number of carbonyl (C=O) groups is 1.